The monoisotopic (exact) mass is 826 g/mol. The van der Waals surface area contributed by atoms with Gasteiger partial charge in [-0.25, -0.2) is 19.9 Å². The molecule has 302 valence electrons. The molecule has 2 heterocycles. The lowest BCUT2D eigenvalue weighted by Crippen LogP contribution is -2.26. The summed E-state index contributed by atoms with van der Waals surface area (Å²) in [6.45, 7) is 0. The van der Waals surface area contributed by atoms with Gasteiger partial charge in [0.2, 0.25) is 0 Å². The Morgan fingerprint density at radius 3 is 1.05 bits per heavy atom. The molecule has 0 saturated carbocycles. The van der Waals surface area contributed by atoms with Gasteiger partial charge in [0.05, 0.1) is 16.8 Å². The zero-order valence-electron chi connectivity index (χ0n) is 35.2. The van der Waals surface area contributed by atoms with Crippen molar-refractivity contribution < 1.29 is 0 Å². The summed E-state index contributed by atoms with van der Waals surface area (Å²) in [6.07, 6.45) is 0. The van der Waals surface area contributed by atoms with Gasteiger partial charge in [-0.3, -0.25) is 0 Å². The average Bonchev–Trinajstić information content (AvgIpc) is 3.86. The summed E-state index contributed by atoms with van der Waals surface area (Å²) < 4.78 is 0. The van der Waals surface area contributed by atoms with Gasteiger partial charge in [0.25, 0.3) is 0 Å². The topological polar surface area (TPSA) is 51.6 Å². The molecule has 0 atom stereocenters. The van der Waals surface area contributed by atoms with Crippen LogP contribution in [0, 0.1) is 0 Å². The fourth-order valence-electron chi connectivity index (χ4n) is 10.4. The lowest BCUT2D eigenvalue weighted by Gasteiger charge is -2.31. The van der Waals surface area contributed by atoms with Gasteiger partial charge in [0, 0.05) is 38.8 Å². The Bertz CT molecular complexity index is 3470. The SMILES string of the molecule is c1ccc(-c2ccc(-c3nc(-c4ccc(-c5ccccc5)cc4)nc(-c4ccc(-c5nc6c(c7ccccc57)C5(c7ccccc7-c7ccccc75)c5ccccc5-6)cc4)n3)cc2)cc1. The highest BCUT2D eigenvalue weighted by Crippen LogP contribution is 2.64. The van der Waals surface area contributed by atoms with Crippen LogP contribution in [0.3, 0.4) is 0 Å². The summed E-state index contributed by atoms with van der Waals surface area (Å²) in [4.78, 5) is 21.0. The molecular formula is C61H38N4. The third-order valence-electron chi connectivity index (χ3n) is 13.4. The number of hydrogen-bond donors (Lipinski definition) is 0. The molecule has 0 amide bonds. The maximum absolute atomic E-state index is 5.68. The van der Waals surface area contributed by atoms with Gasteiger partial charge in [0.15, 0.2) is 17.5 Å². The third-order valence-corrected chi connectivity index (χ3v) is 13.4. The Morgan fingerprint density at radius 1 is 0.231 bits per heavy atom. The van der Waals surface area contributed by atoms with Crippen molar-refractivity contribution in [2.45, 2.75) is 5.41 Å². The van der Waals surface area contributed by atoms with Crippen molar-refractivity contribution in [1.29, 1.82) is 0 Å². The van der Waals surface area contributed by atoms with Crippen LogP contribution in [0.25, 0.3) is 101 Å². The van der Waals surface area contributed by atoms with Crippen LogP contribution in [0.2, 0.25) is 0 Å². The fourth-order valence-corrected chi connectivity index (χ4v) is 10.4. The van der Waals surface area contributed by atoms with Crippen LogP contribution >= 0.6 is 0 Å². The van der Waals surface area contributed by atoms with Crippen LogP contribution in [0.15, 0.2) is 231 Å². The first-order valence-electron chi connectivity index (χ1n) is 22.1. The number of benzene rings is 9. The van der Waals surface area contributed by atoms with Gasteiger partial charge in [-0.1, -0.05) is 231 Å². The molecular weight excluding hydrogens is 789 g/mol. The van der Waals surface area contributed by atoms with Crippen molar-refractivity contribution in [2.24, 2.45) is 0 Å². The van der Waals surface area contributed by atoms with Gasteiger partial charge >= 0.3 is 0 Å². The Hall–Kier alpha value is -8.60. The number of hydrogen-bond acceptors (Lipinski definition) is 4. The number of rotatable bonds is 6. The molecule has 2 aliphatic carbocycles. The van der Waals surface area contributed by atoms with E-state index in [9.17, 15) is 0 Å². The molecule has 4 heteroatoms. The first-order chi connectivity index (χ1) is 32.2. The summed E-state index contributed by atoms with van der Waals surface area (Å²) in [5, 5.41) is 2.33. The van der Waals surface area contributed by atoms with Crippen molar-refractivity contribution >= 4 is 10.8 Å². The van der Waals surface area contributed by atoms with Gasteiger partial charge in [-0.15, -0.1) is 0 Å². The minimum absolute atomic E-state index is 0.480. The molecule has 9 aromatic carbocycles. The van der Waals surface area contributed by atoms with E-state index in [4.69, 9.17) is 19.9 Å². The molecule has 0 bridgehead atoms. The average molecular weight is 827 g/mol. The molecule has 1 spiro atoms. The summed E-state index contributed by atoms with van der Waals surface area (Å²) in [5.74, 6) is 1.85. The minimum atomic E-state index is -0.480. The lowest BCUT2D eigenvalue weighted by atomic mass is 9.69. The second-order valence-corrected chi connectivity index (χ2v) is 16.9. The van der Waals surface area contributed by atoms with E-state index in [0.717, 1.165) is 50.2 Å². The lowest BCUT2D eigenvalue weighted by molar-refractivity contribution is 0.799. The van der Waals surface area contributed by atoms with Crippen molar-refractivity contribution in [3.05, 3.63) is 253 Å². The standard InChI is InChI=1S/C61H38N4/c1-3-15-39(16-4-1)41-27-33-44(34-28-41)58-63-59(45-35-29-42(30-36-45)40-17-5-2-6-18-40)65-60(64-58)46-37-31-43(32-38-46)56-50-22-8-7-21-49(50)55-57(62-56)51-23-11-14-26-54(51)61(55)52-24-12-9-19-47(52)48-20-10-13-25-53(48)61/h1-38H. The third kappa shape index (κ3) is 5.77. The zero-order valence-corrected chi connectivity index (χ0v) is 35.2. The maximum atomic E-state index is 5.68. The van der Waals surface area contributed by atoms with Crippen molar-refractivity contribution in [3.63, 3.8) is 0 Å². The van der Waals surface area contributed by atoms with Crippen molar-refractivity contribution in [3.8, 4) is 90.1 Å². The van der Waals surface area contributed by atoms with Crippen LogP contribution in [0.4, 0.5) is 0 Å². The van der Waals surface area contributed by atoms with Crippen LogP contribution in [0.1, 0.15) is 22.3 Å². The Morgan fingerprint density at radius 2 is 0.569 bits per heavy atom. The van der Waals surface area contributed by atoms with E-state index in [1.165, 1.54) is 55.5 Å². The van der Waals surface area contributed by atoms with Crippen molar-refractivity contribution in [1.82, 2.24) is 19.9 Å². The summed E-state index contributed by atoms with van der Waals surface area (Å²) in [6, 6.07) is 81.9. The van der Waals surface area contributed by atoms with E-state index in [0.29, 0.717) is 17.5 Å². The highest BCUT2D eigenvalue weighted by Gasteiger charge is 2.53. The highest BCUT2D eigenvalue weighted by atomic mass is 15.0. The molecule has 65 heavy (non-hydrogen) atoms. The molecule has 13 rings (SSSR count). The van der Waals surface area contributed by atoms with E-state index in [1.54, 1.807) is 0 Å². The molecule has 4 nitrogen and oxygen atoms in total. The van der Waals surface area contributed by atoms with E-state index >= 15 is 0 Å². The molecule has 2 aliphatic rings. The molecule has 0 N–H and O–H groups in total. The van der Waals surface area contributed by atoms with E-state index in [2.05, 4.69) is 218 Å². The number of aromatic nitrogens is 4. The first kappa shape index (κ1) is 37.0. The Kier molecular flexibility index (Phi) is 8.40. The van der Waals surface area contributed by atoms with Crippen LogP contribution in [-0.4, -0.2) is 19.9 Å². The molecule has 0 radical (unpaired) electrons. The fraction of sp³-hybridized carbons (Fsp3) is 0.0164. The minimum Gasteiger partial charge on any atom is -0.247 e. The quantitative estimate of drug-likeness (QED) is 0.168. The summed E-state index contributed by atoms with van der Waals surface area (Å²) in [5.41, 5.74) is 18.8. The maximum Gasteiger partial charge on any atom is 0.164 e. The van der Waals surface area contributed by atoms with Crippen LogP contribution in [-0.2, 0) is 5.41 Å². The summed E-state index contributed by atoms with van der Waals surface area (Å²) in [7, 11) is 0. The highest BCUT2D eigenvalue weighted by molar-refractivity contribution is 6.06. The Labute approximate surface area is 377 Å². The molecule has 0 aliphatic heterocycles. The molecule has 2 aromatic heterocycles. The van der Waals surface area contributed by atoms with E-state index in [1.807, 2.05) is 12.1 Å². The number of fused-ring (bicyclic) bond motifs is 12. The summed E-state index contributed by atoms with van der Waals surface area (Å²) >= 11 is 0. The van der Waals surface area contributed by atoms with Crippen molar-refractivity contribution in [2.75, 3.05) is 0 Å². The van der Waals surface area contributed by atoms with E-state index in [-0.39, 0.29) is 0 Å². The second kappa shape index (κ2) is 14.8. The normalized spacial score (nSPS) is 12.7. The Balaban J connectivity index is 0.940. The number of nitrogens with zero attached hydrogens (tertiary/aromatic N) is 4. The van der Waals surface area contributed by atoms with Gasteiger partial charge in [0.1, 0.15) is 0 Å². The van der Waals surface area contributed by atoms with Gasteiger partial charge in [-0.05, 0) is 55.5 Å². The van der Waals surface area contributed by atoms with Gasteiger partial charge < -0.3 is 0 Å². The smallest absolute Gasteiger partial charge is 0.164 e. The predicted octanol–water partition coefficient (Wildman–Crippen LogP) is 14.8. The molecule has 0 unspecified atom stereocenters. The largest absolute Gasteiger partial charge is 0.247 e. The van der Waals surface area contributed by atoms with Crippen LogP contribution in [0.5, 0.6) is 0 Å². The van der Waals surface area contributed by atoms with E-state index < -0.39 is 5.41 Å². The second-order valence-electron chi connectivity index (χ2n) is 16.9. The van der Waals surface area contributed by atoms with Crippen LogP contribution < -0.4 is 0 Å². The molecule has 11 aromatic rings. The first-order valence-corrected chi connectivity index (χ1v) is 22.1. The molecule has 0 fully saturated rings. The molecule has 0 saturated heterocycles. The number of pyridine rings is 1. The van der Waals surface area contributed by atoms with Gasteiger partial charge in [-0.2, -0.15) is 0 Å². The predicted molar refractivity (Wildman–Crippen MR) is 264 cm³/mol. The zero-order chi connectivity index (χ0) is 42.9.